The molecular formula is C52H40N4. The van der Waals surface area contributed by atoms with Crippen LogP contribution in [-0.4, -0.2) is 14.6 Å². The van der Waals surface area contributed by atoms with E-state index in [1.807, 2.05) is 22.7 Å². The maximum atomic E-state index is 9.57. The van der Waals surface area contributed by atoms with E-state index in [2.05, 4.69) is 172 Å². The molecule has 0 saturated heterocycles. The summed E-state index contributed by atoms with van der Waals surface area (Å²) in [5, 5.41) is 14.6. The molecule has 2 unspecified atom stereocenters. The van der Waals surface area contributed by atoms with Gasteiger partial charge in [0.1, 0.15) is 0 Å². The zero-order valence-electron chi connectivity index (χ0n) is 31.5. The number of hydrogen-bond acceptors (Lipinski definition) is 3. The van der Waals surface area contributed by atoms with E-state index in [9.17, 15) is 5.26 Å². The topological polar surface area (TPSA) is 54.0 Å². The van der Waals surface area contributed by atoms with Crippen LogP contribution < -0.4 is 0 Å². The minimum Gasteiger partial charge on any atom is -0.219 e. The molecule has 4 nitrogen and oxygen atoms in total. The average Bonchev–Trinajstić information content (AvgIpc) is 3.80. The van der Waals surface area contributed by atoms with Crippen molar-refractivity contribution in [2.24, 2.45) is 0 Å². The fraction of sp³-hybridized carbons (Fsp3) is 0.135. The monoisotopic (exact) mass is 720 g/mol. The fourth-order valence-electron chi connectivity index (χ4n) is 8.98. The van der Waals surface area contributed by atoms with E-state index in [0.717, 1.165) is 51.9 Å². The molecule has 56 heavy (non-hydrogen) atoms. The third-order valence-corrected chi connectivity index (χ3v) is 12.0. The molecule has 0 spiro atoms. The number of nitrogens with zero attached hydrogens (tertiary/aromatic N) is 4. The first-order valence-electron chi connectivity index (χ1n) is 19.5. The first kappa shape index (κ1) is 33.7. The van der Waals surface area contributed by atoms with Gasteiger partial charge in [0.15, 0.2) is 11.5 Å². The van der Waals surface area contributed by atoms with Crippen LogP contribution in [0.5, 0.6) is 0 Å². The lowest BCUT2D eigenvalue weighted by Crippen LogP contribution is -2.17. The normalized spacial score (nSPS) is 18.1. The van der Waals surface area contributed by atoms with Gasteiger partial charge < -0.3 is 0 Å². The van der Waals surface area contributed by atoms with Gasteiger partial charge in [-0.05, 0) is 92.8 Å². The van der Waals surface area contributed by atoms with Gasteiger partial charge in [-0.15, -0.1) is 5.10 Å². The SMILES string of the molecule is CC1(C)C2=CC(c3cccc(C4C=CC=C(c5cccc(-c6nc7c(-c8ccccc8)cc(-c8ccccc8)cn7n6)c5)C4)c3)CC=C2c2ccc(C#N)cc21. The molecule has 3 aliphatic rings. The highest BCUT2D eigenvalue weighted by molar-refractivity contribution is 5.91. The minimum absolute atomic E-state index is 0.140. The highest BCUT2D eigenvalue weighted by atomic mass is 15.3. The summed E-state index contributed by atoms with van der Waals surface area (Å²) in [7, 11) is 0. The molecular weight excluding hydrogens is 681 g/mol. The van der Waals surface area contributed by atoms with Crippen molar-refractivity contribution in [2.75, 3.05) is 0 Å². The van der Waals surface area contributed by atoms with E-state index in [4.69, 9.17) is 10.1 Å². The number of rotatable bonds is 6. The smallest absolute Gasteiger partial charge is 0.182 e. The molecule has 10 rings (SSSR count). The van der Waals surface area contributed by atoms with Crippen LogP contribution in [-0.2, 0) is 5.41 Å². The fourth-order valence-corrected chi connectivity index (χ4v) is 8.98. The summed E-state index contributed by atoms with van der Waals surface area (Å²) in [6.07, 6.45) is 15.7. The van der Waals surface area contributed by atoms with Crippen molar-refractivity contribution in [3.8, 4) is 39.7 Å². The minimum atomic E-state index is -0.140. The highest BCUT2D eigenvalue weighted by Gasteiger charge is 2.40. The molecule has 4 heteroatoms. The molecule has 0 aliphatic heterocycles. The molecule has 0 radical (unpaired) electrons. The van der Waals surface area contributed by atoms with Crippen LogP contribution in [0, 0.1) is 11.3 Å². The van der Waals surface area contributed by atoms with Crippen LogP contribution in [0.3, 0.4) is 0 Å². The predicted molar refractivity (Wildman–Crippen MR) is 228 cm³/mol. The van der Waals surface area contributed by atoms with Gasteiger partial charge in [0, 0.05) is 40.1 Å². The lowest BCUT2D eigenvalue weighted by Gasteiger charge is -2.27. The molecule has 0 bridgehead atoms. The van der Waals surface area contributed by atoms with Crippen LogP contribution in [0.2, 0.25) is 0 Å². The molecule has 2 heterocycles. The van der Waals surface area contributed by atoms with Crippen molar-refractivity contribution >= 4 is 16.8 Å². The second-order valence-corrected chi connectivity index (χ2v) is 15.8. The van der Waals surface area contributed by atoms with Gasteiger partial charge in [-0.2, -0.15) is 5.26 Å². The van der Waals surface area contributed by atoms with Crippen LogP contribution in [0.15, 0.2) is 176 Å². The van der Waals surface area contributed by atoms with Gasteiger partial charge in [0.2, 0.25) is 0 Å². The van der Waals surface area contributed by atoms with Crippen molar-refractivity contribution in [1.29, 1.82) is 5.26 Å². The second-order valence-electron chi connectivity index (χ2n) is 15.8. The van der Waals surface area contributed by atoms with E-state index in [0.29, 0.717) is 11.7 Å². The van der Waals surface area contributed by atoms with E-state index in [1.165, 1.54) is 44.5 Å². The van der Waals surface area contributed by atoms with Crippen LogP contribution in [0.4, 0.5) is 0 Å². The Morgan fingerprint density at radius 3 is 2.23 bits per heavy atom. The molecule has 7 aromatic rings. The first-order chi connectivity index (χ1) is 27.4. The zero-order chi connectivity index (χ0) is 37.8. The quantitative estimate of drug-likeness (QED) is 0.172. The summed E-state index contributed by atoms with van der Waals surface area (Å²) in [6, 6.07) is 49.5. The van der Waals surface area contributed by atoms with Gasteiger partial charge in [-0.1, -0.05) is 153 Å². The van der Waals surface area contributed by atoms with E-state index < -0.39 is 0 Å². The Bertz CT molecular complexity index is 2840. The van der Waals surface area contributed by atoms with E-state index >= 15 is 0 Å². The summed E-state index contributed by atoms with van der Waals surface area (Å²) in [4.78, 5) is 5.14. The lowest BCUT2D eigenvalue weighted by atomic mass is 9.76. The van der Waals surface area contributed by atoms with Gasteiger partial charge in [0.05, 0.1) is 11.6 Å². The maximum Gasteiger partial charge on any atom is 0.182 e. The zero-order valence-corrected chi connectivity index (χ0v) is 31.5. The summed E-state index contributed by atoms with van der Waals surface area (Å²) in [5.41, 5.74) is 17.3. The number of fused-ring (bicyclic) bond motifs is 4. The summed E-state index contributed by atoms with van der Waals surface area (Å²) in [5.74, 6) is 1.29. The summed E-state index contributed by atoms with van der Waals surface area (Å²) < 4.78 is 1.94. The Morgan fingerprint density at radius 1 is 0.696 bits per heavy atom. The largest absolute Gasteiger partial charge is 0.219 e. The molecule has 2 aromatic heterocycles. The van der Waals surface area contributed by atoms with Crippen molar-refractivity contribution in [2.45, 2.75) is 43.9 Å². The lowest BCUT2D eigenvalue weighted by molar-refractivity contribution is 0.648. The van der Waals surface area contributed by atoms with E-state index in [-0.39, 0.29) is 11.3 Å². The van der Waals surface area contributed by atoms with Crippen LogP contribution >= 0.6 is 0 Å². The number of benzene rings is 5. The van der Waals surface area contributed by atoms with Gasteiger partial charge in [0.25, 0.3) is 0 Å². The van der Waals surface area contributed by atoms with Gasteiger partial charge in [-0.3, -0.25) is 0 Å². The number of nitriles is 1. The molecule has 2 atom stereocenters. The van der Waals surface area contributed by atoms with Crippen molar-refractivity contribution < 1.29 is 0 Å². The Hall–Kier alpha value is -6.83. The molecule has 0 saturated carbocycles. The number of pyridine rings is 1. The third kappa shape index (κ3) is 5.84. The van der Waals surface area contributed by atoms with Gasteiger partial charge >= 0.3 is 0 Å². The summed E-state index contributed by atoms with van der Waals surface area (Å²) in [6.45, 7) is 4.59. The summed E-state index contributed by atoms with van der Waals surface area (Å²) >= 11 is 0. The standard InChI is InChI=1S/C52H40N4/c1-52(2)48-26-34(32-53)22-24-45(48)46-25-23-42(31-49(46)52)40-19-10-17-38(28-40)37-16-9-18-39(27-37)41-20-11-21-43(29-41)50-54-51-47(36-14-7-4-8-15-36)30-44(33-56(51)55-50)35-12-5-3-6-13-35/h3-22,24-26,28-31,33,37,42H,23,27H2,1-2H3. The Labute approximate surface area is 328 Å². The number of aromatic nitrogens is 3. The van der Waals surface area contributed by atoms with Gasteiger partial charge in [-0.25, -0.2) is 9.50 Å². The first-order valence-corrected chi connectivity index (χ1v) is 19.5. The Morgan fingerprint density at radius 2 is 1.43 bits per heavy atom. The van der Waals surface area contributed by atoms with Crippen molar-refractivity contribution in [3.63, 3.8) is 0 Å². The average molecular weight is 721 g/mol. The van der Waals surface area contributed by atoms with Crippen LogP contribution in [0.1, 0.15) is 71.9 Å². The van der Waals surface area contributed by atoms with E-state index in [1.54, 1.807) is 0 Å². The molecule has 0 amide bonds. The van der Waals surface area contributed by atoms with Crippen molar-refractivity contribution in [3.05, 3.63) is 209 Å². The molecule has 268 valence electrons. The number of allylic oxidation sites excluding steroid dienone is 8. The third-order valence-electron chi connectivity index (χ3n) is 12.0. The second kappa shape index (κ2) is 13.5. The van der Waals surface area contributed by atoms with Crippen molar-refractivity contribution in [1.82, 2.24) is 14.6 Å². The Kier molecular flexibility index (Phi) is 8.12. The maximum absolute atomic E-state index is 9.57. The molecule has 3 aliphatic carbocycles. The highest BCUT2D eigenvalue weighted by Crippen LogP contribution is 2.53. The number of hydrogen-bond donors (Lipinski definition) is 0. The predicted octanol–water partition coefficient (Wildman–Crippen LogP) is 12.5. The Balaban J connectivity index is 0.924. The molecule has 0 N–H and O–H groups in total. The molecule has 5 aromatic carbocycles. The molecule has 0 fully saturated rings. The van der Waals surface area contributed by atoms with Crippen LogP contribution in [0.25, 0.3) is 50.4 Å².